The van der Waals surface area contributed by atoms with Gasteiger partial charge < -0.3 is 10.6 Å². The first-order chi connectivity index (χ1) is 13.9. The van der Waals surface area contributed by atoms with E-state index in [9.17, 15) is 8.42 Å². The molecular weight excluding hydrogens is 384 g/mol. The molecule has 2 rings (SSSR count). The molecule has 7 heteroatoms. The Morgan fingerprint density at radius 2 is 1.86 bits per heavy atom. The molecule has 2 N–H and O–H groups in total. The van der Waals surface area contributed by atoms with E-state index in [0.29, 0.717) is 13.0 Å². The van der Waals surface area contributed by atoms with Crippen molar-refractivity contribution in [1.82, 2.24) is 15.5 Å². The predicted octanol–water partition coefficient (Wildman–Crippen LogP) is 2.94. The minimum absolute atomic E-state index is 0.0388. The quantitative estimate of drug-likeness (QED) is 0.473. The predicted molar refractivity (Wildman–Crippen MR) is 122 cm³/mol. The summed E-state index contributed by atoms with van der Waals surface area (Å²) in [7, 11) is -2.95. The number of nitrogens with zero attached hydrogens (tertiary/aromatic N) is 2. The second kappa shape index (κ2) is 12.2. The summed E-state index contributed by atoms with van der Waals surface area (Å²) in [6.45, 7) is 8.78. The number of nitrogens with one attached hydrogen (secondary N) is 2. The molecule has 1 atom stereocenters. The van der Waals surface area contributed by atoms with Gasteiger partial charge in [0.2, 0.25) is 0 Å². The van der Waals surface area contributed by atoms with Gasteiger partial charge in [-0.1, -0.05) is 37.1 Å². The van der Waals surface area contributed by atoms with Crippen LogP contribution in [-0.2, 0) is 22.9 Å². The van der Waals surface area contributed by atoms with E-state index >= 15 is 0 Å². The minimum Gasteiger partial charge on any atom is -0.357 e. The number of sulfone groups is 1. The van der Waals surface area contributed by atoms with E-state index in [1.165, 1.54) is 56.2 Å². The molecule has 1 aliphatic rings. The van der Waals surface area contributed by atoms with Crippen molar-refractivity contribution in [2.45, 2.75) is 65.1 Å². The lowest BCUT2D eigenvalue weighted by atomic mass is 10.1. The van der Waals surface area contributed by atoms with Crippen molar-refractivity contribution in [3.8, 4) is 0 Å². The summed E-state index contributed by atoms with van der Waals surface area (Å²) in [6.07, 6.45) is 7.16. The molecule has 0 spiro atoms. The van der Waals surface area contributed by atoms with Crippen LogP contribution >= 0.6 is 0 Å². The lowest BCUT2D eigenvalue weighted by molar-refractivity contribution is 0.277. The smallest absolute Gasteiger partial charge is 0.191 e. The van der Waals surface area contributed by atoms with Crippen LogP contribution in [0.5, 0.6) is 0 Å². The van der Waals surface area contributed by atoms with Crippen LogP contribution in [0.4, 0.5) is 0 Å². The van der Waals surface area contributed by atoms with Crippen molar-refractivity contribution in [3.63, 3.8) is 0 Å². The highest BCUT2D eigenvalue weighted by atomic mass is 32.2. The molecule has 0 bridgehead atoms. The zero-order valence-electron chi connectivity index (χ0n) is 18.3. The molecule has 0 radical (unpaired) electrons. The first-order valence-corrected chi connectivity index (χ1v) is 12.9. The third kappa shape index (κ3) is 10.1. The van der Waals surface area contributed by atoms with Crippen LogP contribution in [-0.4, -0.2) is 57.0 Å². The van der Waals surface area contributed by atoms with Crippen molar-refractivity contribution in [2.75, 3.05) is 31.6 Å². The maximum Gasteiger partial charge on any atom is 0.191 e. The van der Waals surface area contributed by atoms with Gasteiger partial charge in [0, 0.05) is 25.4 Å². The third-order valence-electron chi connectivity index (χ3n) is 5.16. The molecule has 0 saturated carbocycles. The van der Waals surface area contributed by atoms with Crippen LogP contribution in [0, 0.1) is 0 Å². The van der Waals surface area contributed by atoms with Crippen molar-refractivity contribution >= 4 is 15.8 Å². The number of hydrogen-bond acceptors (Lipinski definition) is 4. The average molecular weight is 423 g/mol. The molecule has 0 aliphatic carbocycles. The third-order valence-corrected chi connectivity index (χ3v) is 6.14. The molecule has 0 aromatic heterocycles. The topological polar surface area (TPSA) is 73.8 Å². The Labute approximate surface area is 177 Å². The van der Waals surface area contributed by atoms with E-state index in [4.69, 9.17) is 4.99 Å². The Hall–Kier alpha value is -1.60. The van der Waals surface area contributed by atoms with E-state index in [2.05, 4.69) is 39.8 Å². The van der Waals surface area contributed by atoms with Crippen molar-refractivity contribution < 1.29 is 8.42 Å². The molecular formula is C22H38N4O2S. The molecule has 164 valence electrons. The van der Waals surface area contributed by atoms with E-state index in [1.54, 1.807) is 0 Å². The van der Waals surface area contributed by atoms with E-state index < -0.39 is 9.84 Å². The fourth-order valence-electron chi connectivity index (χ4n) is 3.57. The van der Waals surface area contributed by atoms with Crippen molar-refractivity contribution in [3.05, 3.63) is 35.4 Å². The van der Waals surface area contributed by atoms with Gasteiger partial charge in [0.1, 0.15) is 9.84 Å². The number of hydrogen-bond donors (Lipinski definition) is 2. The van der Waals surface area contributed by atoms with Crippen molar-refractivity contribution in [1.29, 1.82) is 0 Å². The monoisotopic (exact) mass is 422 g/mol. The number of guanidine groups is 1. The Bertz CT molecular complexity index is 741. The van der Waals surface area contributed by atoms with Gasteiger partial charge in [-0.3, -0.25) is 4.90 Å². The summed E-state index contributed by atoms with van der Waals surface area (Å²) in [6, 6.07) is 8.73. The summed E-state index contributed by atoms with van der Waals surface area (Å²) < 4.78 is 22.7. The second-order valence-corrected chi connectivity index (χ2v) is 10.4. The molecule has 29 heavy (non-hydrogen) atoms. The Kier molecular flexibility index (Phi) is 9.94. The minimum atomic E-state index is -2.95. The van der Waals surface area contributed by atoms with Crippen LogP contribution in [0.15, 0.2) is 29.3 Å². The van der Waals surface area contributed by atoms with Crippen LogP contribution in [0.3, 0.4) is 0 Å². The largest absolute Gasteiger partial charge is 0.357 e. The molecule has 0 amide bonds. The van der Waals surface area contributed by atoms with Crippen LogP contribution in [0.25, 0.3) is 0 Å². The summed E-state index contributed by atoms with van der Waals surface area (Å²) >= 11 is 0. The highest BCUT2D eigenvalue weighted by molar-refractivity contribution is 7.90. The van der Waals surface area contributed by atoms with E-state index in [1.807, 2.05) is 13.8 Å². The number of likely N-dealkylation sites (tertiary alicyclic amines) is 1. The number of benzene rings is 1. The van der Waals surface area contributed by atoms with E-state index in [-0.39, 0.29) is 11.8 Å². The lowest BCUT2D eigenvalue weighted by Crippen LogP contribution is -2.42. The zero-order valence-corrected chi connectivity index (χ0v) is 19.1. The zero-order chi connectivity index (χ0) is 21.1. The number of rotatable bonds is 9. The first-order valence-electron chi connectivity index (χ1n) is 10.9. The molecule has 1 unspecified atom stereocenters. The maximum atomic E-state index is 11.4. The van der Waals surface area contributed by atoms with Gasteiger partial charge in [0.25, 0.3) is 0 Å². The molecule has 1 aromatic rings. The Morgan fingerprint density at radius 3 is 2.52 bits per heavy atom. The molecule has 1 aliphatic heterocycles. The summed E-state index contributed by atoms with van der Waals surface area (Å²) in [4.78, 5) is 7.26. The van der Waals surface area contributed by atoms with E-state index in [0.717, 1.165) is 19.0 Å². The molecule has 1 aromatic carbocycles. The molecule has 1 heterocycles. The summed E-state index contributed by atoms with van der Waals surface area (Å²) in [5.41, 5.74) is 2.54. The highest BCUT2D eigenvalue weighted by Gasteiger charge is 2.11. The fourth-order valence-corrected chi connectivity index (χ4v) is 4.35. The molecule has 1 saturated heterocycles. The van der Waals surface area contributed by atoms with Gasteiger partial charge in [0.05, 0.1) is 12.3 Å². The summed E-state index contributed by atoms with van der Waals surface area (Å²) in [5.74, 6) is 0.908. The standard InChI is InChI=1S/C22H38N4O2S/c1-4-23-22(25-19(2)12-15-29(3,27)28)24-17-20-10-9-11-21(16-20)18-26-13-7-5-6-8-14-26/h9-11,16,19H,4-8,12-15,17-18H2,1-3H3,(H2,23,24,25). The van der Waals surface area contributed by atoms with Gasteiger partial charge in [-0.15, -0.1) is 0 Å². The normalized spacial score (nSPS) is 17.6. The SMILES string of the molecule is CCNC(=NCc1cccc(CN2CCCCCC2)c1)NC(C)CCS(C)(=O)=O. The first kappa shape index (κ1) is 23.7. The van der Waals surface area contributed by atoms with Gasteiger partial charge >= 0.3 is 0 Å². The Balaban J connectivity index is 1.93. The fraction of sp³-hybridized carbons (Fsp3) is 0.682. The van der Waals surface area contributed by atoms with Gasteiger partial charge in [-0.2, -0.15) is 0 Å². The van der Waals surface area contributed by atoms with Gasteiger partial charge in [-0.05, 0) is 57.3 Å². The maximum absolute atomic E-state index is 11.4. The average Bonchev–Trinajstić information content (AvgIpc) is 2.93. The molecule has 1 fully saturated rings. The second-order valence-electron chi connectivity index (χ2n) is 8.17. The molecule has 6 nitrogen and oxygen atoms in total. The van der Waals surface area contributed by atoms with Crippen molar-refractivity contribution in [2.24, 2.45) is 4.99 Å². The number of aliphatic imine (C=N–C) groups is 1. The Morgan fingerprint density at radius 1 is 1.17 bits per heavy atom. The highest BCUT2D eigenvalue weighted by Crippen LogP contribution is 2.14. The van der Waals surface area contributed by atoms with Gasteiger partial charge in [0.15, 0.2) is 5.96 Å². The van der Waals surface area contributed by atoms with Gasteiger partial charge in [-0.25, -0.2) is 13.4 Å². The van der Waals surface area contributed by atoms with Crippen LogP contribution in [0.2, 0.25) is 0 Å². The lowest BCUT2D eigenvalue weighted by Gasteiger charge is -2.20. The van der Waals surface area contributed by atoms with Crippen LogP contribution in [0.1, 0.15) is 57.1 Å². The summed E-state index contributed by atoms with van der Waals surface area (Å²) in [5, 5.41) is 6.56. The van der Waals surface area contributed by atoms with Crippen LogP contribution < -0.4 is 10.6 Å².